The normalized spacial score (nSPS) is 16.7. The minimum absolute atomic E-state index is 0.179. The second kappa shape index (κ2) is 7.62. The Hall–Kier alpha value is -1.57. The maximum Gasteiger partial charge on any atom is 0.422 e. The van der Waals surface area contributed by atoms with Gasteiger partial charge in [0.15, 0.2) is 12.6 Å². The van der Waals surface area contributed by atoms with Gasteiger partial charge in [0.25, 0.3) is 0 Å². The van der Waals surface area contributed by atoms with Crippen molar-refractivity contribution in [3.05, 3.63) is 29.8 Å². The minimum Gasteiger partial charge on any atom is -0.484 e. The molecule has 0 atom stereocenters. The van der Waals surface area contributed by atoms with E-state index in [-0.39, 0.29) is 5.75 Å². The molecular formula is C14H18F3N3OS. The van der Waals surface area contributed by atoms with Crippen molar-refractivity contribution in [3.8, 4) is 5.75 Å². The van der Waals surface area contributed by atoms with Crippen LogP contribution in [-0.2, 0) is 6.54 Å². The summed E-state index contributed by atoms with van der Waals surface area (Å²) in [6, 6.07) is 6.46. The largest absolute Gasteiger partial charge is 0.484 e. The molecule has 1 saturated heterocycles. The van der Waals surface area contributed by atoms with Crippen LogP contribution in [0, 0.1) is 0 Å². The Morgan fingerprint density at radius 2 is 2.05 bits per heavy atom. The molecule has 0 aliphatic carbocycles. The van der Waals surface area contributed by atoms with Crippen molar-refractivity contribution in [1.29, 1.82) is 0 Å². The number of halogens is 3. The zero-order valence-electron chi connectivity index (χ0n) is 12.0. The summed E-state index contributed by atoms with van der Waals surface area (Å²) in [4.78, 5) is 6.32. The Kier molecular flexibility index (Phi) is 5.82. The standard InChI is InChI=1S/C14H18F3N3OS/c15-14(16,17)10-21-12-3-1-2-11(8-12)9-19-13(18)20-4-6-22-7-5-20/h1-3,8H,4-7,9-10H2,(H2,18,19). The monoisotopic (exact) mass is 333 g/mol. The highest BCUT2D eigenvalue weighted by Gasteiger charge is 2.28. The molecule has 0 saturated carbocycles. The van der Waals surface area contributed by atoms with Gasteiger partial charge >= 0.3 is 6.18 Å². The van der Waals surface area contributed by atoms with Gasteiger partial charge in [0.2, 0.25) is 0 Å². The Balaban J connectivity index is 1.92. The molecule has 2 rings (SSSR count). The molecule has 0 radical (unpaired) electrons. The van der Waals surface area contributed by atoms with Crippen molar-refractivity contribution in [3.63, 3.8) is 0 Å². The average Bonchev–Trinajstić information content (AvgIpc) is 2.51. The van der Waals surface area contributed by atoms with E-state index in [0.29, 0.717) is 12.5 Å². The summed E-state index contributed by atoms with van der Waals surface area (Å²) in [5.41, 5.74) is 6.70. The lowest BCUT2D eigenvalue weighted by Crippen LogP contribution is -2.42. The number of thioether (sulfide) groups is 1. The average molecular weight is 333 g/mol. The predicted octanol–water partition coefficient (Wildman–Crippen LogP) is 2.49. The van der Waals surface area contributed by atoms with Gasteiger partial charge in [-0.1, -0.05) is 12.1 Å². The number of benzene rings is 1. The molecule has 2 N–H and O–H groups in total. The van der Waals surface area contributed by atoms with Crippen LogP contribution < -0.4 is 10.5 Å². The molecule has 0 amide bonds. The van der Waals surface area contributed by atoms with E-state index in [1.165, 1.54) is 6.07 Å². The van der Waals surface area contributed by atoms with Crippen LogP contribution in [-0.4, -0.2) is 48.2 Å². The summed E-state index contributed by atoms with van der Waals surface area (Å²) in [5.74, 6) is 2.70. The molecule has 0 spiro atoms. The third kappa shape index (κ3) is 5.67. The van der Waals surface area contributed by atoms with Gasteiger partial charge in [-0.05, 0) is 17.7 Å². The number of guanidine groups is 1. The van der Waals surface area contributed by atoms with Gasteiger partial charge in [-0.25, -0.2) is 4.99 Å². The molecule has 122 valence electrons. The molecule has 1 aliphatic heterocycles. The number of hydrogen-bond donors (Lipinski definition) is 1. The van der Waals surface area contributed by atoms with Gasteiger partial charge in [-0.15, -0.1) is 0 Å². The number of nitrogens with zero attached hydrogens (tertiary/aromatic N) is 2. The summed E-state index contributed by atoms with van der Waals surface area (Å²) in [7, 11) is 0. The van der Waals surface area contributed by atoms with E-state index in [1.807, 2.05) is 16.7 Å². The zero-order chi connectivity index (χ0) is 16.0. The van der Waals surface area contributed by atoms with Crippen molar-refractivity contribution < 1.29 is 17.9 Å². The summed E-state index contributed by atoms with van der Waals surface area (Å²) >= 11 is 1.88. The Morgan fingerprint density at radius 1 is 1.32 bits per heavy atom. The third-order valence-electron chi connectivity index (χ3n) is 3.06. The van der Waals surface area contributed by atoms with Crippen LogP contribution in [0.25, 0.3) is 0 Å². The second-order valence-electron chi connectivity index (χ2n) is 4.83. The fraction of sp³-hybridized carbons (Fsp3) is 0.500. The van der Waals surface area contributed by atoms with Crippen molar-refractivity contribution in [1.82, 2.24) is 4.90 Å². The summed E-state index contributed by atoms with van der Waals surface area (Å²) in [6.45, 7) is 0.759. The second-order valence-corrected chi connectivity index (χ2v) is 6.05. The molecule has 1 aromatic rings. The number of hydrogen-bond acceptors (Lipinski definition) is 3. The molecule has 0 bridgehead atoms. The van der Waals surface area contributed by atoms with E-state index in [1.54, 1.807) is 18.2 Å². The van der Waals surface area contributed by atoms with Gasteiger partial charge in [0, 0.05) is 24.6 Å². The fourth-order valence-electron chi connectivity index (χ4n) is 1.96. The van der Waals surface area contributed by atoms with E-state index >= 15 is 0 Å². The van der Waals surface area contributed by atoms with Gasteiger partial charge in [0.05, 0.1) is 6.54 Å². The highest BCUT2D eigenvalue weighted by Crippen LogP contribution is 2.19. The SMILES string of the molecule is NC(=NCc1cccc(OCC(F)(F)F)c1)N1CCSCC1. The van der Waals surface area contributed by atoms with Gasteiger partial charge in [-0.2, -0.15) is 24.9 Å². The maximum atomic E-state index is 12.1. The van der Waals surface area contributed by atoms with E-state index in [4.69, 9.17) is 10.5 Å². The molecule has 1 aromatic carbocycles. The van der Waals surface area contributed by atoms with Crippen molar-refractivity contribution in [2.24, 2.45) is 10.7 Å². The van der Waals surface area contributed by atoms with E-state index < -0.39 is 12.8 Å². The molecule has 1 heterocycles. The predicted molar refractivity (Wildman–Crippen MR) is 82.2 cm³/mol. The van der Waals surface area contributed by atoms with Crippen LogP contribution in [0.3, 0.4) is 0 Å². The Morgan fingerprint density at radius 3 is 2.73 bits per heavy atom. The van der Waals surface area contributed by atoms with Crippen LogP contribution in [0.4, 0.5) is 13.2 Å². The lowest BCUT2D eigenvalue weighted by molar-refractivity contribution is -0.153. The van der Waals surface area contributed by atoms with Crippen LogP contribution in [0.15, 0.2) is 29.3 Å². The molecular weight excluding hydrogens is 315 g/mol. The Bertz CT molecular complexity index is 516. The summed E-state index contributed by atoms with van der Waals surface area (Å²) in [6.07, 6.45) is -4.34. The highest BCUT2D eigenvalue weighted by atomic mass is 32.2. The van der Waals surface area contributed by atoms with Gasteiger partial charge in [-0.3, -0.25) is 0 Å². The van der Waals surface area contributed by atoms with Crippen LogP contribution in [0.2, 0.25) is 0 Å². The minimum atomic E-state index is -4.34. The molecule has 8 heteroatoms. The number of rotatable bonds is 4. The lowest BCUT2D eigenvalue weighted by atomic mass is 10.2. The fourth-order valence-corrected chi connectivity index (χ4v) is 2.87. The van der Waals surface area contributed by atoms with Crippen molar-refractivity contribution in [2.45, 2.75) is 12.7 Å². The Labute approximate surface area is 131 Å². The first-order valence-electron chi connectivity index (χ1n) is 6.85. The topological polar surface area (TPSA) is 50.9 Å². The van der Waals surface area contributed by atoms with Crippen LogP contribution in [0.1, 0.15) is 5.56 Å². The van der Waals surface area contributed by atoms with Gasteiger partial charge < -0.3 is 15.4 Å². The number of nitrogens with two attached hydrogens (primary N) is 1. The van der Waals surface area contributed by atoms with Crippen LogP contribution >= 0.6 is 11.8 Å². The quantitative estimate of drug-likeness (QED) is 0.679. The van der Waals surface area contributed by atoms with E-state index in [0.717, 1.165) is 30.2 Å². The molecule has 22 heavy (non-hydrogen) atoms. The van der Waals surface area contributed by atoms with E-state index in [9.17, 15) is 13.2 Å². The summed E-state index contributed by atoms with van der Waals surface area (Å²) < 4.78 is 41.1. The first kappa shape index (κ1) is 16.8. The smallest absolute Gasteiger partial charge is 0.422 e. The van der Waals surface area contributed by atoms with E-state index in [2.05, 4.69) is 4.99 Å². The maximum absolute atomic E-state index is 12.1. The lowest BCUT2D eigenvalue weighted by Gasteiger charge is -2.27. The molecule has 1 aliphatic rings. The third-order valence-corrected chi connectivity index (χ3v) is 4.00. The first-order valence-corrected chi connectivity index (χ1v) is 8.00. The molecule has 1 fully saturated rings. The number of alkyl halides is 3. The molecule has 0 aromatic heterocycles. The molecule has 0 unspecified atom stereocenters. The highest BCUT2D eigenvalue weighted by molar-refractivity contribution is 7.99. The van der Waals surface area contributed by atoms with Crippen molar-refractivity contribution >= 4 is 17.7 Å². The number of aliphatic imine (C=N–C) groups is 1. The number of ether oxygens (including phenoxy) is 1. The first-order chi connectivity index (χ1) is 10.4. The van der Waals surface area contributed by atoms with Gasteiger partial charge in [0.1, 0.15) is 5.75 Å². The molecule has 4 nitrogen and oxygen atoms in total. The summed E-state index contributed by atoms with van der Waals surface area (Å²) in [5, 5.41) is 0. The van der Waals surface area contributed by atoms with Crippen LogP contribution in [0.5, 0.6) is 5.75 Å². The zero-order valence-corrected chi connectivity index (χ0v) is 12.8. The van der Waals surface area contributed by atoms with Crippen molar-refractivity contribution in [2.75, 3.05) is 31.2 Å².